The number of nitrogen functional groups attached to an aromatic ring is 1. The molecule has 1 aliphatic rings. The number of anilines is 1. The smallest absolute Gasteiger partial charge is 0.227 e. The van der Waals surface area contributed by atoms with Gasteiger partial charge in [-0.2, -0.15) is 0 Å². The maximum absolute atomic E-state index is 6.23. The number of hydrogen-bond acceptors (Lipinski definition) is 5. The maximum atomic E-state index is 6.23. The van der Waals surface area contributed by atoms with Crippen LogP contribution in [0.15, 0.2) is 150 Å². The fourth-order valence-corrected chi connectivity index (χ4v) is 8.97. The molecule has 9 aromatic rings. The summed E-state index contributed by atoms with van der Waals surface area (Å²) in [5, 5.41) is 2.69. The lowest BCUT2D eigenvalue weighted by molar-refractivity contribution is 0.308. The van der Waals surface area contributed by atoms with Gasteiger partial charge in [-0.25, -0.2) is 4.98 Å². The minimum absolute atomic E-state index is 0.125. The zero-order valence-corrected chi connectivity index (χ0v) is 29.6. The molecule has 4 nitrogen and oxygen atoms in total. The molecule has 1 aliphatic carbocycles. The normalized spacial score (nSPS) is 13.1. The molecular weight excluding hydrogens is 657 g/mol. The van der Waals surface area contributed by atoms with Crippen molar-refractivity contribution in [1.82, 2.24) is 4.98 Å². The molecule has 0 bridgehead atoms. The van der Waals surface area contributed by atoms with Crippen molar-refractivity contribution in [3.63, 3.8) is 0 Å². The van der Waals surface area contributed by atoms with Crippen LogP contribution in [0.25, 0.3) is 76.1 Å². The molecule has 10 rings (SSSR count). The topological polar surface area (TPSA) is 61.3 Å². The average Bonchev–Trinajstić information content (AvgIpc) is 3.84. The first-order valence-electron chi connectivity index (χ1n) is 17.6. The number of thiophene rings is 1. The van der Waals surface area contributed by atoms with Gasteiger partial charge in [0.15, 0.2) is 5.58 Å². The Morgan fingerprint density at radius 3 is 2.23 bits per heavy atom. The van der Waals surface area contributed by atoms with E-state index in [9.17, 15) is 0 Å². The summed E-state index contributed by atoms with van der Waals surface area (Å²) < 4.78 is 15.1. The fraction of sp³-hybridized carbons (Fsp3) is 0.0851. The van der Waals surface area contributed by atoms with E-state index in [1.165, 1.54) is 53.6 Å². The molecule has 0 saturated carbocycles. The number of benzene rings is 7. The largest absolute Gasteiger partial charge is 0.487 e. The Morgan fingerprint density at radius 1 is 0.615 bits per heavy atom. The molecular formula is C47H34N2O2S. The van der Waals surface area contributed by atoms with Crippen LogP contribution in [0.1, 0.15) is 30.5 Å². The highest BCUT2D eigenvalue weighted by Gasteiger charge is 2.36. The lowest BCUT2D eigenvalue weighted by atomic mass is 9.81. The van der Waals surface area contributed by atoms with E-state index in [1.54, 1.807) is 0 Å². The number of rotatable bonds is 6. The second-order valence-corrected chi connectivity index (χ2v) is 15.3. The van der Waals surface area contributed by atoms with Crippen LogP contribution in [-0.4, -0.2) is 4.98 Å². The number of para-hydroxylation sites is 4. The van der Waals surface area contributed by atoms with Crippen LogP contribution in [0.3, 0.4) is 0 Å². The highest BCUT2D eigenvalue weighted by Crippen LogP contribution is 2.52. The van der Waals surface area contributed by atoms with E-state index in [4.69, 9.17) is 19.9 Å². The molecule has 0 radical (unpaired) electrons. The number of nitrogens with two attached hydrogens (primary N) is 1. The Balaban J connectivity index is 1.04. The van der Waals surface area contributed by atoms with E-state index in [0.717, 1.165) is 33.4 Å². The number of fused-ring (bicyclic) bond motifs is 7. The van der Waals surface area contributed by atoms with Crippen molar-refractivity contribution in [2.45, 2.75) is 25.9 Å². The Bertz CT molecular complexity index is 2830. The minimum Gasteiger partial charge on any atom is -0.487 e. The predicted molar refractivity (Wildman–Crippen MR) is 216 cm³/mol. The molecule has 0 fully saturated rings. The standard InChI is InChI=1S/C47H34N2O2S/c1-47(2)38-24-31(18-19-34(38)36-26-45-37(25-39(36)47)35-12-3-8-17-44(35)52-45)29-10-9-11-30(22-29)32-20-28(27-50-42-15-6-4-13-40(42)48)21-33(23-32)46-49-41-14-5-7-16-43(41)51-46/h3-26H,27,48H2,1-2H3. The van der Waals surface area contributed by atoms with E-state index in [-0.39, 0.29) is 5.41 Å². The molecule has 2 N–H and O–H groups in total. The quantitative estimate of drug-likeness (QED) is 0.176. The Morgan fingerprint density at radius 2 is 1.35 bits per heavy atom. The SMILES string of the molecule is CC1(C)c2cc(-c3cccc(-c4cc(COc5ccccc5N)cc(-c5nc6ccccc6o5)c4)c3)ccc2-c2cc3sc4ccccc4c3cc21. The van der Waals surface area contributed by atoms with Crippen LogP contribution < -0.4 is 10.5 Å². The highest BCUT2D eigenvalue weighted by molar-refractivity contribution is 7.25. The van der Waals surface area contributed by atoms with Crippen LogP contribution in [0.5, 0.6) is 5.75 Å². The molecule has 0 amide bonds. The van der Waals surface area contributed by atoms with Gasteiger partial charge in [-0.15, -0.1) is 11.3 Å². The molecule has 2 aromatic heterocycles. The van der Waals surface area contributed by atoms with Gasteiger partial charge < -0.3 is 14.9 Å². The van der Waals surface area contributed by atoms with Gasteiger partial charge in [-0.3, -0.25) is 0 Å². The Labute approximate surface area is 305 Å². The summed E-state index contributed by atoms with van der Waals surface area (Å²) >= 11 is 1.88. The number of nitrogens with zero attached hydrogens (tertiary/aromatic N) is 1. The van der Waals surface area contributed by atoms with E-state index < -0.39 is 0 Å². The van der Waals surface area contributed by atoms with Crippen LogP contribution in [0, 0.1) is 0 Å². The summed E-state index contributed by atoms with van der Waals surface area (Å²) in [5.41, 5.74) is 20.1. The Kier molecular flexibility index (Phi) is 6.89. The van der Waals surface area contributed by atoms with E-state index in [2.05, 4.69) is 111 Å². The third-order valence-electron chi connectivity index (χ3n) is 10.5. The number of aromatic nitrogens is 1. The summed E-state index contributed by atoms with van der Waals surface area (Å²) in [6.45, 7) is 5.08. The molecule has 52 heavy (non-hydrogen) atoms. The molecule has 0 aliphatic heterocycles. The van der Waals surface area contributed by atoms with Crippen molar-refractivity contribution >= 4 is 48.3 Å². The number of hydrogen-bond donors (Lipinski definition) is 1. The van der Waals surface area contributed by atoms with Crippen molar-refractivity contribution in [3.05, 3.63) is 162 Å². The first-order chi connectivity index (χ1) is 25.4. The summed E-state index contributed by atoms with van der Waals surface area (Å²) in [7, 11) is 0. The van der Waals surface area contributed by atoms with Gasteiger partial charge in [0.25, 0.3) is 0 Å². The van der Waals surface area contributed by atoms with E-state index >= 15 is 0 Å². The molecule has 0 atom stereocenters. The van der Waals surface area contributed by atoms with Gasteiger partial charge >= 0.3 is 0 Å². The van der Waals surface area contributed by atoms with Gasteiger partial charge in [0.05, 0.1) is 5.69 Å². The molecule has 0 saturated heterocycles. The molecule has 5 heteroatoms. The third-order valence-corrected chi connectivity index (χ3v) is 11.7. The monoisotopic (exact) mass is 690 g/mol. The van der Waals surface area contributed by atoms with Crippen LogP contribution in [-0.2, 0) is 12.0 Å². The molecule has 0 spiro atoms. The summed E-state index contributed by atoms with van der Waals surface area (Å²) in [6.07, 6.45) is 0. The third kappa shape index (κ3) is 5.00. The molecule has 0 unspecified atom stereocenters. The maximum Gasteiger partial charge on any atom is 0.227 e. The average molecular weight is 691 g/mol. The van der Waals surface area contributed by atoms with Crippen molar-refractivity contribution in [2.24, 2.45) is 0 Å². The van der Waals surface area contributed by atoms with Gasteiger partial charge in [0, 0.05) is 31.2 Å². The first-order valence-corrected chi connectivity index (χ1v) is 18.4. The minimum atomic E-state index is -0.125. The van der Waals surface area contributed by atoms with Gasteiger partial charge in [-0.05, 0) is 123 Å². The van der Waals surface area contributed by atoms with Gasteiger partial charge in [0.1, 0.15) is 17.9 Å². The molecule has 7 aromatic carbocycles. The highest BCUT2D eigenvalue weighted by atomic mass is 32.1. The molecule has 2 heterocycles. The second-order valence-electron chi connectivity index (χ2n) is 14.2. The first kappa shape index (κ1) is 30.6. The zero-order chi connectivity index (χ0) is 35.0. The Hall–Kier alpha value is -6.17. The van der Waals surface area contributed by atoms with Gasteiger partial charge in [-0.1, -0.05) is 86.6 Å². The summed E-state index contributed by atoms with van der Waals surface area (Å²) in [4.78, 5) is 4.82. The van der Waals surface area contributed by atoms with E-state index in [1.807, 2.05) is 59.9 Å². The van der Waals surface area contributed by atoms with Crippen molar-refractivity contribution < 1.29 is 9.15 Å². The second kappa shape index (κ2) is 11.7. The molecule has 250 valence electrons. The lowest BCUT2D eigenvalue weighted by Gasteiger charge is -2.22. The van der Waals surface area contributed by atoms with Crippen LogP contribution in [0.4, 0.5) is 5.69 Å². The fourth-order valence-electron chi connectivity index (χ4n) is 7.84. The lowest BCUT2D eigenvalue weighted by Crippen LogP contribution is -2.15. The summed E-state index contributed by atoms with van der Waals surface area (Å²) in [6, 6.07) is 51.3. The number of ether oxygens (including phenoxy) is 1. The number of oxazole rings is 1. The van der Waals surface area contributed by atoms with Crippen LogP contribution in [0.2, 0.25) is 0 Å². The van der Waals surface area contributed by atoms with Crippen molar-refractivity contribution in [1.29, 1.82) is 0 Å². The predicted octanol–water partition coefficient (Wildman–Crippen LogP) is 12.7. The van der Waals surface area contributed by atoms with Crippen molar-refractivity contribution in [3.8, 4) is 50.6 Å². The van der Waals surface area contributed by atoms with Gasteiger partial charge in [0.2, 0.25) is 5.89 Å². The van der Waals surface area contributed by atoms with Crippen LogP contribution >= 0.6 is 11.3 Å². The van der Waals surface area contributed by atoms with E-state index in [0.29, 0.717) is 23.9 Å². The summed E-state index contributed by atoms with van der Waals surface area (Å²) in [5.74, 6) is 1.24. The van der Waals surface area contributed by atoms with Crippen molar-refractivity contribution in [2.75, 3.05) is 5.73 Å². The zero-order valence-electron chi connectivity index (χ0n) is 28.8.